The summed E-state index contributed by atoms with van der Waals surface area (Å²) in [5, 5.41) is 20.7. The van der Waals surface area contributed by atoms with E-state index in [0.29, 0.717) is 45.3 Å². The van der Waals surface area contributed by atoms with Gasteiger partial charge in [-0.25, -0.2) is 9.78 Å². The van der Waals surface area contributed by atoms with Gasteiger partial charge in [0.1, 0.15) is 29.9 Å². The third-order valence-corrected chi connectivity index (χ3v) is 15.9. The number of aromatic nitrogens is 6. The van der Waals surface area contributed by atoms with Crippen LogP contribution in [0.2, 0.25) is 0 Å². The average molecular weight is 976 g/mol. The summed E-state index contributed by atoms with van der Waals surface area (Å²) in [4.78, 5) is 59.0. The van der Waals surface area contributed by atoms with E-state index in [1.807, 2.05) is 61.5 Å². The summed E-state index contributed by atoms with van der Waals surface area (Å²) in [5.74, 6) is -5.45. The molecule has 1 unspecified atom stereocenters. The number of ketones is 2. The standard InChI is InChI=1S/C51H77N9O10/c1-10-41-50(7)45(60(49(64)70-50)22-14-13-21-58-30-39(53-31-58)37-16-15-18-52-28-37)34(4)42(61)32(2)27-51(65-9)46(35(5)43(62)36(6)47(63)67-41)68-48-44(69-51)40(26-33(3)66-48)56(8)23-17-38-29-59(55-54-38)25-24-57-19-11-12-20-57/h15-16,18,28-36,40-41,44-48,63H,10-14,17,19-27H2,1-9H3/t32-,33-,34+,35+,36-,40+,41-,44-,45-,46-,47?,48+,50-,51+/m1/s1. The van der Waals surface area contributed by atoms with Crippen LogP contribution in [0, 0.1) is 23.7 Å². The van der Waals surface area contributed by atoms with Gasteiger partial charge in [0.2, 0.25) is 0 Å². The minimum absolute atomic E-state index is 0.0412. The van der Waals surface area contributed by atoms with Gasteiger partial charge in [0.05, 0.1) is 42.3 Å². The van der Waals surface area contributed by atoms with Gasteiger partial charge in [-0.05, 0) is 84.6 Å². The number of rotatable bonds is 15. The number of pyridine rings is 1. The van der Waals surface area contributed by atoms with Crippen molar-refractivity contribution in [1.29, 1.82) is 0 Å². The quantitative estimate of drug-likeness (QED) is 0.200. The summed E-state index contributed by atoms with van der Waals surface area (Å²) in [7, 11) is 3.58. The van der Waals surface area contributed by atoms with E-state index in [-0.39, 0.29) is 30.1 Å². The fourth-order valence-corrected chi connectivity index (χ4v) is 11.9. The summed E-state index contributed by atoms with van der Waals surface area (Å²) in [5.41, 5.74) is 1.29. The molecule has 8 heterocycles. The molecule has 8 rings (SSSR count). The summed E-state index contributed by atoms with van der Waals surface area (Å²) in [6.45, 7) is 18.4. The number of fused-ring (bicyclic) bond motifs is 3. The third kappa shape index (κ3) is 10.9. The van der Waals surface area contributed by atoms with Crippen LogP contribution in [-0.2, 0) is 57.5 Å². The van der Waals surface area contributed by atoms with E-state index in [2.05, 4.69) is 37.1 Å². The molecule has 0 bridgehead atoms. The van der Waals surface area contributed by atoms with Crippen molar-refractivity contribution in [3.05, 3.63) is 48.9 Å². The predicted octanol–water partition coefficient (Wildman–Crippen LogP) is 5.00. The van der Waals surface area contributed by atoms with Gasteiger partial charge in [-0.2, -0.15) is 0 Å². The number of likely N-dealkylation sites (N-methyl/N-ethyl adjacent to an activating group) is 1. The lowest BCUT2D eigenvalue weighted by molar-refractivity contribution is -0.424. The van der Waals surface area contributed by atoms with E-state index in [1.165, 1.54) is 20.0 Å². The molecule has 5 aliphatic heterocycles. The van der Waals surface area contributed by atoms with Crippen LogP contribution in [0.4, 0.5) is 4.79 Å². The highest BCUT2D eigenvalue weighted by Gasteiger charge is 2.62. The second-order valence-corrected chi connectivity index (χ2v) is 20.9. The van der Waals surface area contributed by atoms with Gasteiger partial charge >= 0.3 is 6.09 Å². The van der Waals surface area contributed by atoms with Crippen molar-refractivity contribution < 1.29 is 47.9 Å². The number of ether oxygens (including phenoxy) is 6. The summed E-state index contributed by atoms with van der Waals surface area (Å²) in [6.07, 6.45) is 9.05. The molecule has 1 N–H and O–H groups in total. The van der Waals surface area contributed by atoms with Gasteiger partial charge in [0, 0.05) is 100 Å². The molecule has 5 fully saturated rings. The lowest BCUT2D eigenvalue weighted by Gasteiger charge is -2.55. The molecule has 3 aromatic heterocycles. The van der Waals surface area contributed by atoms with Gasteiger partial charge in [0.25, 0.3) is 0 Å². The lowest BCUT2D eigenvalue weighted by Crippen LogP contribution is -2.69. The highest BCUT2D eigenvalue weighted by molar-refractivity contribution is 5.86. The fraction of sp³-hybridized carbons (Fsp3) is 0.745. The first-order chi connectivity index (χ1) is 33.5. The van der Waals surface area contributed by atoms with E-state index in [9.17, 15) is 14.7 Å². The normalized spacial score (nSPS) is 35.6. The summed E-state index contributed by atoms with van der Waals surface area (Å²) >= 11 is 0. The average Bonchev–Trinajstić information content (AvgIpc) is 4.20. The second-order valence-electron chi connectivity index (χ2n) is 20.9. The molecule has 0 aromatic carbocycles. The van der Waals surface area contributed by atoms with Crippen LogP contribution in [0.15, 0.2) is 43.2 Å². The number of aliphatic hydroxyl groups is 1. The number of aryl methyl sites for hydroxylation is 1. The monoisotopic (exact) mass is 976 g/mol. The Morgan fingerprint density at radius 1 is 0.943 bits per heavy atom. The first-order valence-electron chi connectivity index (χ1n) is 25.7. The van der Waals surface area contributed by atoms with Crippen molar-refractivity contribution in [2.45, 2.75) is 173 Å². The molecule has 19 nitrogen and oxygen atoms in total. The summed E-state index contributed by atoms with van der Waals surface area (Å²) in [6, 6.07) is 2.87. The molecule has 0 aliphatic carbocycles. The number of methoxy groups -OCH3 is 1. The molecule has 3 aromatic rings. The number of unbranched alkanes of at least 4 members (excludes halogenated alkanes) is 1. The predicted molar refractivity (Wildman–Crippen MR) is 257 cm³/mol. The Morgan fingerprint density at radius 2 is 1.71 bits per heavy atom. The molecule has 0 radical (unpaired) electrons. The Hall–Kier alpha value is -4.21. The molecule has 5 saturated heterocycles. The highest BCUT2D eigenvalue weighted by atomic mass is 16.8. The largest absolute Gasteiger partial charge is 0.438 e. The zero-order valence-electron chi connectivity index (χ0n) is 42.7. The van der Waals surface area contributed by atoms with E-state index >= 15 is 4.79 Å². The first-order valence-corrected chi connectivity index (χ1v) is 25.7. The number of hydrogen-bond donors (Lipinski definition) is 1. The third-order valence-electron chi connectivity index (χ3n) is 15.9. The molecule has 0 spiro atoms. The molecule has 19 heteroatoms. The fourth-order valence-electron chi connectivity index (χ4n) is 11.9. The van der Waals surface area contributed by atoms with Gasteiger partial charge in [0.15, 0.2) is 24.0 Å². The summed E-state index contributed by atoms with van der Waals surface area (Å²) < 4.78 is 43.7. The number of amides is 1. The number of carbonyl (C=O) groups is 3. The second kappa shape index (κ2) is 22.3. The Labute approximate surface area is 412 Å². The van der Waals surface area contributed by atoms with E-state index in [1.54, 1.807) is 44.4 Å². The molecule has 386 valence electrons. The lowest BCUT2D eigenvalue weighted by atomic mass is 9.75. The minimum Gasteiger partial charge on any atom is -0.438 e. The van der Waals surface area contributed by atoms with Crippen molar-refractivity contribution >= 4 is 17.7 Å². The number of carbonyl (C=O) groups excluding carboxylic acids is 3. The zero-order valence-corrected chi connectivity index (χ0v) is 42.7. The van der Waals surface area contributed by atoms with Crippen molar-refractivity contribution in [3.63, 3.8) is 0 Å². The maximum absolute atomic E-state index is 15.1. The molecule has 1 amide bonds. The van der Waals surface area contributed by atoms with Crippen molar-refractivity contribution in [1.82, 2.24) is 44.2 Å². The van der Waals surface area contributed by atoms with Crippen LogP contribution >= 0.6 is 0 Å². The van der Waals surface area contributed by atoms with E-state index in [4.69, 9.17) is 28.4 Å². The number of nitrogens with zero attached hydrogens (tertiary/aromatic N) is 9. The Kier molecular flexibility index (Phi) is 16.6. The topological polar surface area (TPSA) is 198 Å². The van der Waals surface area contributed by atoms with E-state index in [0.717, 1.165) is 49.6 Å². The number of likely N-dealkylation sites (tertiary alicyclic amines) is 1. The molecule has 70 heavy (non-hydrogen) atoms. The van der Waals surface area contributed by atoms with Crippen molar-refractivity contribution in [2.75, 3.05) is 46.9 Å². The van der Waals surface area contributed by atoms with Crippen LogP contribution < -0.4 is 0 Å². The minimum atomic E-state index is -1.59. The Balaban J connectivity index is 1.02. The zero-order chi connectivity index (χ0) is 49.9. The number of aliphatic hydroxyl groups excluding tert-OH is 1. The van der Waals surface area contributed by atoms with Gasteiger partial charge < -0.3 is 52.8 Å². The van der Waals surface area contributed by atoms with Crippen molar-refractivity contribution in [2.24, 2.45) is 23.7 Å². The van der Waals surface area contributed by atoms with Crippen LogP contribution in [0.25, 0.3) is 11.3 Å². The van der Waals surface area contributed by atoms with Gasteiger partial charge in [-0.3, -0.25) is 19.3 Å². The maximum Gasteiger partial charge on any atom is 0.410 e. The van der Waals surface area contributed by atoms with Gasteiger partial charge in [-0.15, -0.1) is 5.10 Å². The highest BCUT2D eigenvalue weighted by Crippen LogP contribution is 2.47. The van der Waals surface area contributed by atoms with Crippen LogP contribution in [0.3, 0.4) is 0 Å². The Bertz CT molecular complexity index is 2220. The smallest absolute Gasteiger partial charge is 0.410 e. The number of hydrogen-bond acceptors (Lipinski definition) is 16. The van der Waals surface area contributed by atoms with Crippen LogP contribution in [0.5, 0.6) is 0 Å². The van der Waals surface area contributed by atoms with Crippen LogP contribution in [0.1, 0.15) is 99.1 Å². The maximum atomic E-state index is 15.1. The molecular weight excluding hydrogens is 899 g/mol. The van der Waals surface area contributed by atoms with E-state index < -0.39 is 78.1 Å². The number of Topliss-reactive ketones (excluding diaryl/α,β-unsaturated/α-hetero) is 2. The first kappa shape index (κ1) is 52.1. The van der Waals surface area contributed by atoms with Crippen LogP contribution in [-0.4, -0.2) is 174 Å². The SMILES string of the molecule is CC[C@H]1OC(O)[C@H](C)C(=O)[C@H](C)[C@H]2O[C@@H]3O[C@H](C)C[C@H](N(C)CCc4cn(CCN5CCCC5)nn4)[C@H]3O[C@@]2(OC)C[C@@H](C)C(=O)[C@H](C)[C@H]2N(CCCCn3cnc(-c4cccnc4)c3)C(=O)O[C@]12C. The Morgan fingerprint density at radius 3 is 2.44 bits per heavy atom. The molecule has 0 saturated carbocycles. The molecule has 14 atom stereocenters. The molecular formula is C51H77N9O10. The number of imidazole rings is 1. The molecule has 5 aliphatic rings. The van der Waals surface area contributed by atoms with Crippen molar-refractivity contribution in [3.8, 4) is 11.3 Å². The van der Waals surface area contributed by atoms with Gasteiger partial charge in [-0.1, -0.05) is 39.8 Å².